The van der Waals surface area contributed by atoms with E-state index in [-0.39, 0.29) is 23.1 Å². The van der Waals surface area contributed by atoms with Gasteiger partial charge in [0, 0.05) is 0 Å². The van der Waals surface area contributed by atoms with Crippen molar-refractivity contribution in [2.75, 3.05) is 12.3 Å². The Kier molecular flexibility index (Phi) is 6.54. The summed E-state index contributed by atoms with van der Waals surface area (Å²) < 4.78 is 37.5. The first-order valence-electron chi connectivity index (χ1n) is 7.23. The molecule has 2 aromatic rings. The third-order valence-electron chi connectivity index (χ3n) is 3.62. The maximum Gasteiger partial charge on any atom is 0.480 e. The number of aromatic nitrogens is 4. The van der Waals surface area contributed by atoms with Gasteiger partial charge in [-0.15, -0.1) is 0 Å². The Morgan fingerprint density at radius 1 is 1.21 bits per heavy atom. The Labute approximate surface area is 156 Å². The van der Waals surface area contributed by atoms with E-state index < -0.39 is 46.7 Å². The summed E-state index contributed by atoms with van der Waals surface area (Å²) in [6.07, 6.45) is -3.05. The summed E-state index contributed by atoms with van der Waals surface area (Å²) in [5, 5.41) is 20.3. The van der Waals surface area contributed by atoms with E-state index in [0.717, 1.165) is 0 Å². The van der Waals surface area contributed by atoms with Crippen LogP contribution in [0.1, 0.15) is 6.23 Å². The van der Waals surface area contributed by atoms with E-state index in [2.05, 4.69) is 29.3 Å². The lowest BCUT2D eigenvalue weighted by molar-refractivity contribution is -0.0501. The zero-order valence-electron chi connectivity index (χ0n) is 14.0. The second-order valence-electron chi connectivity index (χ2n) is 5.54. The summed E-state index contributed by atoms with van der Waals surface area (Å²) in [7, 11) is -9.79. The summed E-state index contributed by atoms with van der Waals surface area (Å²) in [5.41, 5.74) is 10.8. The molecule has 0 spiro atoms. The lowest BCUT2D eigenvalue weighted by Gasteiger charge is -2.18. The standard InChI is InChI=1S/C10H16N6O9P2.H3N/c11-8-5-9(14-2-13-8)16(3-15-5)10-7(18)6(17)4(24-10)1-23-27(21,22)25-26(12,19)20;/h2-4,6-7,10,17-18H,1H2,(H,21,22)(H2,11,13,14)(H3,12,19,20);1H3/t4-,6-,7-,10-;/m1./s1. The van der Waals surface area contributed by atoms with Gasteiger partial charge in [0.15, 0.2) is 17.7 Å². The van der Waals surface area contributed by atoms with Crippen molar-refractivity contribution in [1.82, 2.24) is 25.7 Å². The Bertz CT molecular complexity index is 935. The highest BCUT2D eigenvalue weighted by Gasteiger charge is 2.45. The van der Waals surface area contributed by atoms with Crippen LogP contribution in [-0.4, -0.2) is 64.4 Å². The predicted molar refractivity (Wildman–Crippen MR) is 91.6 cm³/mol. The zero-order valence-corrected chi connectivity index (χ0v) is 15.8. The van der Waals surface area contributed by atoms with Gasteiger partial charge in [0.25, 0.3) is 0 Å². The van der Waals surface area contributed by atoms with Crippen LogP contribution in [0.3, 0.4) is 0 Å². The number of anilines is 1. The molecule has 1 aliphatic heterocycles. The average molecular weight is 443 g/mol. The van der Waals surface area contributed by atoms with Gasteiger partial charge in [-0.3, -0.25) is 9.09 Å². The molecule has 0 saturated carbocycles. The first-order valence-corrected chi connectivity index (χ1v) is 10.4. The fraction of sp³-hybridized carbons (Fsp3) is 0.500. The molecule has 2 unspecified atom stereocenters. The largest absolute Gasteiger partial charge is 0.480 e. The fourth-order valence-electron chi connectivity index (χ4n) is 2.49. The minimum absolute atomic E-state index is 0. The van der Waals surface area contributed by atoms with Crippen LogP contribution in [0.15, 0.2) is 12.7 Å². The molecule has 3 rings (SSSR count). The number of hydrogen-bond donors (Lipinski definition) is 7. The van der Waals surface area contributed by atoms with E-state index in [1.54, 1.807) is 0 Å². The molecule has 0 amide bonds. The number of phosphoric ester groups is 1. The molecule has 0 aromatic carbocycles. The second kappa shape index (κ2) is 8.06. The number of nitrogen functional groups attached to an aromatic ring is 1. The van der Waals surface area contributed by atoms with E-state index in [0.29, 0.717) is 0 Å². The molecule has 1 saturated heterocycles. The van der Waals surface area contributed by atoms with Crippen molar-refractivity contribution in [3.63, 3.8) is 0 Å². The van der Waals surface area contributed by atoms with Crippen LogP contribution in [0.2, 0.25) is 0 Å². The lowest BCUT2D eigenvalue weighted by atomic mass is 10.1. The average Bonchev–Trinajstić information content (AvgIpc) is 3.07. The molecule has 0 aliphatic carbocycles. The van der Waals surface area contributed by atoms with E-state index >= 15 is 0 Å². The molecule has 16 nitrogen and oxygen atoms in total. The molecule has 3 heterocycles. The number of aliphatic hydroxyl groups excluding tert-OH is 2. The minimum atomic E-state index is -5.01. The van der Waals surface area contributed by atoms with Crippen LogP contribution in [-0.2, 0) is 22.7 Å². The third kappa shape index (κ3) is 4.71. The van der Waals surface area contributed by atoms with Crippen molar-refractivity contribution in [2.24, 2.45) is 5.50 Å². The predicted octanol–water partition coefficient (Wildman–Crippen LogP) is -1.62. The van der Waals surface area contributed by atoms with Gasteiger partial charge >= 0.3 is 15.6 Å². The van der Waals surface area contributed by atoms with Crippen LogP contribution in [0, 0.1) is 0 Å². The van der Waals surface area contributed by atoms with Crippen molar-refractivity contribution in [1.29, 1.82) is 0 Å². The van der Waals surface area contributed by atoms with Crippen LogP contribution in [0.25, 0.3) is 11.2 Å². The number of nitrogens with two attached hydrogens (primary N) is 2. The zero-order chi connectivity index (χ0) is 20.0. The molecule has 158 valence electrons. The van der Waals surface area contributed by atoms with Gasteiger partial charge in [-0.05, 0) is 0 Å². The van der Waals surface area contributed by atoms with Crippen molar-refractivity contribution >= 4 is 32.6 Å². The maximum absolute atomic E-state index is 11.6. The van der Waals surface area contributed by atoms with Gasteiger partial charge in [0.2, 0.25) is 0 Å². The highest BCUT2D eigenvalue weighted by molar-refractivity contribution is 7.62. The minimum Gasteiger partial charge on any atom is -0.387 e. The topological polar surface area (TPSA) is 273 Å². The molecular weight excluding hydrogens is 424 g/mol. The normalized spacial score (nSPS) is 29.2. The number of imidazole rings is 1. The molecule has 1 fully saturated rings. The number of phosphoric acid groups is 1. The molecule has 1 aliphatic rings. The fourth-order valence-corrected chi connectivity index (χ4v) is 4.20. The van der Waals surface area contributed by atoms with Gasteiger partial charge in [0.05, 0.1) is 12.9 Å². The molecular formula is C10H19N7O9P2. The highest BCUT2D eigenvalue weighted by Crippen LogP contribution is 2.56. The van der Waals surface area contributed by atoms with Crippen LogP contribution in [0.5, 0.6) is 0 Å². The number of nitrogens with zero attached hydrogens (tertiary/aromatic N) is 4. The first-order chi connectivity index (χ1) is 12.5. The van der Waals surface area contributed by atoms with Gasteiger partial charge in [0.1, 0.15) is 30.2 Å². The first kappa shape index (κ1) is 22.7. The Morgan fingerprint density at radius 2 is 1.89 bits per heavy atom. The quantitative estimate of drug-likeness (QED) is 0.247. The number of aliphatic hydroxyl groups is 2. The van der Waals surface area contributed by atoms with Crippen molar-refractivity contribution in [3.05, 3.63) is 12.7 Å². The smallest absolute Gasteiger partial charge is 0.387 e. The molecule has 6 atom stereocenters. The van der Waals surface area contributed by atoms with Crippen molar-refractivity contribution < 1.29 is 42.7 Å². The lowest BCUT2D eigenvalue weighted by Crippen LogP contribution is -2.33. The molecule has 28 heavy (non-hydrogen) atoms. The van der Waals surface area contributed by atoms with Gasteiger partial charge in [-0.1, -0.05) is 0 Å². The van der Waals surface area contributed by atoms with E-state index in [1.165, 1.54) is 17.2 Å². The van der Waals surface area contributed by atoms with Gasteiger partial charge in [-0.2, -0.15) is 4.31 Å². The summed E-state index contributed by atoms with van der Waals surface area (Å²) in [6, 6.07) is 0. The second-order valence-corrected chi connectivity index (χ2v) is 8.52. The summed E-state index contributed by atoms with van der Waals surface area (Å²) in [6.45, 7) is -0.758. The number of ether oxygens (including phenoxy) is 1. The van der Waals surface area contributed by atoms with Gasteiger partial charge < -0.3 is 36.6 Å². The Morgan fingerprint density at radius 3 is 2.54 bits per heavy atom. The third-order valence-corrected chi connectivity index (χ3v) is 5.86. The van der Waals surface area contributed by atoms with Crippen LogP contribution in [0.4, 0.5) is 5.82 Å². The number of fused-ring (bicyclic) bond motifs is 1. The van der Waals surface area contributed by atoms with Crippen LogP contribution < -0.4 is 17.4 Å². The van der Waals surface area contributed by atoms with E-state index in [9.17, 15) is 24.2 Å². The molecule has 2 aromatic heterocycles. The summed E-state index contributed by atoms with van der Waals surface area (Å²) >= 11 is 0. The summed E-state index contributed by atoms with van der Waals surface area (Å²) in [5.74, 6) is 0.0975. The van der Waals surface area contributed by atoms with E-state index in [1.807, 2.05) is 0 Å². The summed E-state index contributed by atoms with van der Waals surface area (Å²) in [4.78, 5) is 29.9. The van der Waals surface area contributed by atoms with E-state index in [4.69, 9.17) is 15.4 Å². The molecule has 0 bridgehead atoms. The van der Waals surface area contributed by atoms with Crippen molar-refractivity contribution in [2.45, 2.75) is 24.5 Å². The monoisotopic (exact) mass is 443 g/mol. The maximum atomic E-state index is 11.6. The highest BCUT2D eigenvalue weighted by atomic mass is 31.3. The molecule has 18 heteroatoms. The number of rotatable bonds is 6. The molecule has 11 N–H and O–H groups in total. The number of hydrogen-bond acceptors (Lipinski definition) is 12. The SMILES string of the molecule is N.Nc1ncnc2c1ncn2[C@@H]1O[C@H](COP(=O)(O)OP(N)(=O)O)[C@@H](O)[C@H]1O. The Balaban J connectivity index is 0.00000280. The molecule has 0 radical (unpaired) electrons. The van der Waals surface area contributed by atoms with Crippen LogP contribution >= 0.6 is 15.6 Å². The van der Waals surface area contributed by atoms with Gasteiger partial charge in [-0.25, -0.2) is 29.6 Å². The Hall–Kier alpha value is -1.55. The van der Waals surface area contributed by atoms with Crippen molar-refractivity contribution in [3.8, 4) is 0 Å².